The van der Waals surface area contributed by atoms with Gasteiger partial charge in [-0.25, -0.2) is 0 Å². The molecule has 6 heterocycles. The molecule has 6 aromatic carbocycles. The van der Waals surface area contributed by atoms with Crippen LogP contribution in [-0.2, 0) is 27.6 Å². The summed E-state index contributed by atoms with van der Waals surface area (Å²) >= 11 is 0. The highest BCUT2D eigenvalue weighted by Crippen LogP contribution is 2.42. The van der Waals surface area contributed by atoms with E-state index in [-0.39, 0.29) is 20.4 Å². The summed E-state index contributed by atoms with van der Waals surface area (Å²) in [4.78, 5) is 10.9. The third-order valence-electron chi connectivity index (χ3n) is 12.3. The van der Waals surface area contributed by atoms with Gasteiger partial charge in [0.2, 0.25) is 20.4 Å². The highest BCUT2D eigenvalue weighted by Gasteiger charge is 2.21. The SMILES string of the molecule is COc1ccc(C(O)c2ccnn2C)cc1-c1ccc2c(c1)OCO2.COc1ccc(C=O)cc1-c1ccc2c(c1)OCO2.COc1ccc(Cc2ccnn2C)cc1-c1ccc2c(c1)OCO2.Cn1cccn1. The van der Waals surface area contributed by atoms with Crippen LogP contribution in [0.5, 0.6) is 51.7 Å². The van der Waals surface area contributed by atoms with Crippen LogP contribution in [0.15, 0.2) is 152 Å². The van der Waals surface area contributed by atoms with Crippen molar-refractivity contribution in [3.05, 3.63) is 180 Å². The van der Waals surface area contributed by atoms with Gasteiger partial charge < -0.3 is 47.7 Å². The molecule has 0 saturated heterocycles. The van der Waals surface area contributed by atoms with Gasteiger partial charge in [-0.3, -0.25) is 18.8 Å². The summed E-state index contributed by atoms with van der Waals surface area (Å²) in [6.45, 7) is 0.746. The van der Waals surface area contributed by atoms with Gasteiger partial charge in [0.1, 0.15) is 29.6 Å². The lowest BCUT2D eigenvalue weighted by molar-refractivity contribution is 0.112. The smallest absolute Gasteiger partial charge is 0.231 e. The molecule has 12 rings (SSSR count). The molecule has 74 heavy (non-hydrogen) atoms. The van der Waals surface area contributed by atoms with Crippen molar-refractivity contribution >= 4 is 6.29 Å². The number of rotatable bonds is 11. The normalized spacial score (nSPS) is 12.5. The van der Waals surface area contributed by atoms with Crippen LogP contribution in [0.4, 0.5) is 0 Å². The van der Waals surface area contributed by atoms with E-state index in [1.54, 1.807) is 74.4 Å². The molecule has 0 amide bonds. The molecule has 3 aliphatic rings. The molecule has 3 aromatic heterocycles. The first-order valence-corrected chi connectivity index (χ1v) is 23.4. The zero-order chi connectivity index (χ0) is 51.6. The van der Waals surface area contributed by atoms with Gasteiger partial charge in [-0.1, -0.05) is 30.3 Å². The fourth-order valence-electron chi connectivity index (χ4n) is 8.38. The third kappa shape index (κ3) is 11.3. The maximum Gasteiger partial charge on any atom is 0.231 e. The molecule has 1 unspecified atom stereocenters. The van der Waals surface area contributed by atoms with Gasteiger partial charge in [0.15, 0.2) is 34.5 Å². The molecule has 17 heteroatoms. The Morgan fingerprint density at radius 2 is 1.04 bits per heavy atom. The van der Waals surface area contributed by atoms with Crippen LogP contribution in [-0.4, -0.2) is 82.4 Å². The van der Waals surface area contributed by atoms with Crippen molar-refractivity contribution in [3.8, 4) is 85.1 Å². The number of carbonyl (C=O) groups is 1. The van der Waals surface area contributed by atoms with Crippen molar-refractivity contribution in [2.24, 2.45) is 21.1 Å². The minimum atomic E-state index is -0.772. The Morgan fingerprint density at radius 3 is 1.50 bits per heavy atom. The van der Waals surface area contributed by atoms with E-state index in [9.17, 15) is 9.90 Å². The minimum absolute atomic E-state index is 0.231. The summed E-state index contributed by atoms with van der Waals surface area (Å²) in [6, 6.07) is 40.3. The number of methoxy groups -OCH3 is 3. The zero-order valence-corrected chi connectivity index (χ0v) is 41.6. The number of aryl methyl sites for hydroxylation is 3. The monoisotopic (exact) mass is 998 g/mol. The Morgan fingerprint density at radius 1 is 0.541 bits per heavy atom. The Hall–Kier alpha value is -9.22. The Labute approximate surface area is 427 Å². The molecule has 3 aliphatic heterocycles. The molecule has 9 aromatic rings. The molecule has 0 bridgehead atoms. The predicted molar refractivity (Wildman–Crippen MR) is 276 cm³/mol. The summed E-state index contributed by atoms with van der Waals surface area (Å²) < 4.78 is 54.0. The highest BCUT2D eigenvalue weighted by atomic mass is 16.7. The quantitative estimate of drug-likeness (QED) is 0.121. The second kappa shape index (κ2) is 22.9. The van der Waals surface area contributed by atoms with Crippen molar-refractivity contribution in [1.29, 1.82) is 0 Å². The van der Waals surface area contributed by atoms with E-state index in [1.807, 2.05) is 122 Å². The standard InChI is InChI=1S/C19H18N2O4.C19H18N2O3.C15H12O4.C4H6N2/c1-21-15(7-8-20-21)19(22)13-4-5-16(23-2)14(9-13)12-3-6-17-18(10-12)25-11-24-17;1-21-15(7-8-20-21)9-13-3-5-17(22-2)16(10-13)14-4-6-18-19(11-14)24-12-23-18;1-17-13-4-2-10(8-16)6-12(13)11-3-5-14-15(7-11)19-9-18-14;1-6-4-2-3-5-6/h3-10,19,22H,11H2,1-2H3;3-8,10-11H,9,12H2,1-2H3;2-8H,9H2,1H3;2-4H,1H3. The second-order valence-corrected chi connectivity index (χ2v) is 16.9. The van der Waals surface area contributed by atoms with E-state index in [1.165, 1.54) is 5.56 Å². The fraction of sp³-hybridized carbons (Fsp3) is 0.193. The highest BCUT2D eigenvalue weighted by molar-refractivity contribution is 5.82. The predicted octanol–water partition coefficient (Wildman–Crippen LogP) is 9.64. The van der Waals surface area contributed by atoms with Gasteiger partial charge in [0.05, 0.1) is 27.0 Å². The molecule has 0 saturated carbocycles. The zero-order valence-electron chi connectivity index (χ0n) is 41.6. The second-order valence-electron chi connectivity index (χ2n) is 16.9. The van der Waals surface area contributed by atoms with E-state index in [2.05, 4.69) is 27.4 Å². The maximum absolute atomic E-state index is 10.9. The van der Waals surface area contributed by atoms with Crippen LogP contribution < -0.4 is 42.6 Å². The number of aromatic nitrogens is 6. The number of hydrogen-bond donors (Lipinski definition) is 1. The summed E-state index contributed by atoms with van der Waals surface area (Å²) in [5.74, 6) is 6.69. The molecule has 0 spiro atoms. The molecular weight excluding hydrogens is 945 g/mol. The van der Waals surface area contributed by atoms with Gasteiger partial charge >= 0.3 is 0 Å². The van der Waals surface area contributed by atoms with E-state index < -0.39 is 6.10 Å². The van der Waals surface area contributed by atoms with E-state index in [0.29, 0.717) is 22.8 Å². The molecule has 17 nitrogen and oxygen atoms in total. The van der Waals surface area contributed by atoms with Crippen LogP contribution >= 0.6 is 0 Å². The number of carbonyl (C=O) groups excluding carboxylic acids is 1. The summed E-state index contributed by atoms with van der Waals surface area (Å²) in [6.07, 6.45) is 7.98. The van der Waals surface area contributed by atoms with Crippen molar-refractivity contribution in [3.63, 3.8) is 0 Å². The topological polar surface area (TPSA) is 174 Å². The lowest BCUT2D eigenvalue weighted by atomic mass is 9.98. The molecule has 1 N–H and O–H groups in total. The average Bonchev–Trinajstić information content (AvgIpc) is 4.33. The molecule has 1 atom stereocenters. The number of fused-ring (bicyclic) bond motifs is 3. The number of ether oxygens (including phenoxy) is 9. The molecule has 0 radical (unpaired) electrons. The van der Waals surface area contributed by atoms with Gasteiger partial charge in [-0.2, -0.15) is 15.3 Å². The maximum atomic E-state index is 10.9. The first-order valence-electron chi connectivity index (χ1n) is 23.4. The Balaban J connectivity index is 0.000000130. The molecule has 378 valence electrons. The first-order chi connectivity index (χ1) is 36.1. The van der Waals surface area contributed by atoms with Crippen LogP contribution in [0.2, 0.25) is 0 Å². The lowest BCUT2D eigenvalue weighted by Crippen LogP contribution is -2.07. The largest absolute Gasteiger partial charge is 0.496 e. The third-order valence-corrected chi connectivity index (χ3v) is 12.3. The molecule has 0 fully saturated rings. The van der Waals surface area contributed by atoms with Crippen molar-refractivity contribution in [2.45, 2.75) is 12.5 Å². The summed E-state index contributed by atoms with van der Waals surface area (Å²) in [7, 11) is 10.6. The average molecular weight is 999 g/mol. The number of nitrogens with zero attached hydrogens (tertiary/aromatic N) is 6. The van der Waals surface area contributed by atoms with E-state index in [4.69, 9.17) is 42.6 Å². The number of hydrogen-bond acceptors (Lipinski definition) is 14. The van der Waals surface area contributed by atoms with Crippen molar-refractivity contribution in [2.75, 3.05) is 41.7 Å². The van der Waals surface area contributed by atoms with Crippen LogP contribution in [0.1, 0.15) is 39.0 Å². The number of aliphatic hydroxyl groups is 1. The fourth-order valence-corrected chi connectivity index (χ4v) is 8.38. The van der Waals surface area contributed by atoms with E-state index >= 15 is 0 Å². The van der Waals surface area contributed by atoms with Crippen molar-refractivity contribution < 1.29 is 52.5 Å². The van der Waals surface area contributed by atoms with Gasteiger partial charge in [-0.15, -0.1) is 0 Å². The van der Waals surface area contributed by atoms with Crippen molar-refractivity contribution in [1.82, 2.24) is 29.3 Å². The van der Waals surface area contributed by atoms with Gasteiger partial charge in [-0.05, 0) is 125 Å². The van der Waals surface area contributed by atoms with E-state index in [0.717, 1.165) is 97.5 Å². The Kier molecular flexibility index (Phi) is 15.4. The lowest BCUT2D eigenvalue weighted by Gasteiger charge is -2.15. The molecular formula is C57H54N6O11. The van der Waals surface area contributed by atoms with Gasteiger partial charge in [0, 0.05) is 80.3 Å². The summed E-state index contributed by atoms with van der Waals surface area (Å²) in [5, 5.41) is 22.9. The first kappa shape index (κ1) is 49.7. The number of aliphatic hydroxyl groups excluding tert-OH is 1. The summed E-state index contributed by atoms with van der Waals surface area (Å²) in [5.41, 5.74) is 10.1. The Bertz CT molecular complexity index is 3370. The van der Waals surface area contributed by atoms with Crippen LogP contribution in [0.3, 0.4) is 0 Å². The number of aldehydes is 1. The molecule has 0 aliphatic carbocycles. The van der Waals surface area contributed by atoms with Crippen LogP contribution in [0, 0.1) is 0 Å². The number of benzene rings is 6. The minimum Gasteiger partial charge on any atom is -0.496 e. The van der Waals surface area contributed by atoms with Gasteiger partial charge in [0.25, 0.3) is 0 Å². The van der Waals surface area contributed by atoms with Crippen LogP contribution in [0.25, 0.3) is 33.4 Å².